The van der Waals surface area contributed by atoms with Gasteiger partial charge in [-0.25, -0.2) is 0 Å². The Hall–Kier alpha value is -2.88. The highest BCUT2D eigenvalue weighted by Crippen LogP contribution is 2.56. The summed E-state index contributed by atoms with van der Waals surface area (Å²) < 4.78 is 0. The van der Waals surface area contributed by atoms with Crippen LogP contribution in [0.2, 0.25) is 0 Å². The first-order chi connectivity index (χ1) is 15.0. The van der Waals surface area contributed by atoms with E-state index in [4.69, 9.17) is 0 Å². The summed E-state index contributed by atoms with van der Waals surface area (Å²) >= 11 is 0. The number of carbonyl (C=O) groups excluding carboxylic acids is 2. The lowest BCUT2D eigenvalue weighted by Crippen LogP contribution is -2.46. The van der Waals surface area contributed by atoms with E-state index < -0.39 is 17.8 Å². The number of carboxylic acid groups (broad SMARTS) is 1. The van der Waals surface area contributed by atoms with Crippen LogP contribution in [0.15, 0.2) is 71.8 Å². The Bertz CT molecular complexity index is 923. The van der Waals surface area contributed by atoms with Gasteiger partial charge in [0.1, 0.15) is 0 Å². The van der Waals surface area contributed by atoms with Crippen molar-refractivity contribution in [1.82, 2.24) is 5.32 Å². The van der Waals surface area contributed by atoms with E-state index in [0.29, 0.717) is 6.54 Å². The van der Waals surface area contributed by atoms with Crippen LogP contribution in [0.25, 0.3) is 0 Å². The summed E-state index contributed by atoms with van der Waals surface area (Å²) in [5.41, 5.74) is 4.76. The molecule has 0 radical (unpaired) electrons. The van der Waals surface area contributed by atoms with Crippen molar-refractivity contribution in [3.05, 3.63) is 82.9 Å². The lowest BCUT2D eigenvalue weighted by molar-refractivity contribution is -0.314. The average molecular weight is 417 g/mol. The highest BCUT2D eigenvalue weighted by atomic mass is 16.4. The number of amides is 1. The van der Waals surface area contributed by atoms with Gasteiger partial charge in [-0.1, -0.05) is 71.8 Å². The highest BCUT2D eigenvalue weighted by Gasteiger charge is 2.54. The number of hydrogen-bond acceptors (Lipinski definition) is 3. The number of hydrogen-bond donors (Lipinski definition) is 1. The van der Waals surface area contributed by atoms with Gasteiger partial charge in [0.25, 0.3) is 0 Å². The highest BCUT2D eigenvalue weighted by molar-refractivity contribution is 5.87. The molecule has 4 atom stereocenters. The third-order valence-corrected chi connectivity index (χ3v) is 7.13. The molecule has 2 bridgehead atoms. The second kappa shape index (κ2) is 9.09. The maximum atomic E-state index is 13.1. The largest absolute Gasteiger partial charge is 0.550 e. The van der Waals surface area contributed by atoms with Crippen LogP contribution >= 0.6 is 0 Å². The molecule has 2 saturated carbocycles. The van der Waals surface area contributed by atoms with Gasteiger partial charge in [-0.3, -0.25) is 4.79 Å². The number of aliphatic carboxylic acids is 1. The van der Waals surface area contributed by atoms with Gasteiger partial charge in [-0.2, -0.15) is 0 Å². The van der Waals surface area contributed by atoms with Crippen molar-refractivity contribution in [3.63, 3.8) is 0 Å². The van der Waals surface area contributed by atoms with Gasteiger partial charge < -0.3 is 15.2 Å². The minimum Gasteiger partial charge on any atom is -0.550 e. The van der Waals surface area contributed by atoms with Crippen molar-refractivity contribution in [2.45, 2.75) is 39.0 Å². The van der Waals surface area contributed by atoms with Crippen molar-refractivity contribution < 1.29 is 14.7 Å². The molecule has 162 valence electrons. The summed E-state index contributed by atoms with van der Waals surface area (Å²) in [6.07, 6.45) is 2.49. The molecule has 2 aliphatic rings. The van der Waals surface area contributed by atoms with E-state index in [0.717, 1.165) is 24.8 Å². The van der Waals surface area contributed by atoms with Crippen LogP contribution in [0.4, 0.5) is 0 Å². The molecule has 4 nitrogen and oxygen atoms in total. The van der Waals surface area contributed by atoms with Crippen molar-refractivity contribution in [2.24, 2.45) is 23.7 Å². The zero-order valence-corrected chi connectivity index (χ0v) is 18.2. The van der Waals surface area contributed by atoms with Gasteiger partial charge in [-0.15, -0.1) is 0 Å². The first-order valence-electron chi connectivity index (χ1n) is 11.2. The Kier molecular flexibility index (Phi) is 6.26. The zero-order valence-electron chi connectivity index (χ0n) is 18.2. The fourth-order valence-corrected chi connectivity index (χ4v) is 5.94. The Labute approximate surface area is 184 Å². The second-order valence-corrected chi connectivity index (χ2v) is 9.07. The standard InChI is InChI=1S/C27H31NO3/c1-17(2)23-21-13-14-22(23)25(27(30)31)24(21)26(29)28-16-15-20(18-9-5-3-6-10-18)19-11-7-4-8-12-19/h3-12,20-22,24-25H,13-16H2,1-2H3,(H,28,29)(H,30,31)/p-1/t21-,22-,24-,25+/m1/s1. The van der Waals surface area contributed by atoms with Crippen LogP contribution in [-0.4, -0.2) is 18.4 Å². The number of allylic oxidation sites excluding steroid dienone is 2. The molecule has 31 heavy (non-hydrogen) atoms. The van der Waals surface area contributed by atoms with E-state index in [1.54, 1.807) is 0 Å². The second-order valence-electron chi connectivity index (χ2n) is 9.07. The van der Waals surface area contributed by atoms with Crippen LogP contribution < -0.4 is 10.4 Å². The third-order valence-electron chi connectivity index (χ3n) is 7.13. The van der Waals surface area contributed by atoms with Crippen LogP contribution in [0.3, 0.4) is 0 Å². The molecule has 1 amide bonds. The normalized spacial score (nSPS) is 24.4. The summed E-state index contributed by atoms with van der Waals surface area (Å²) in [6.45, 7) is 4.56. The number of rotatable bonds is 7. The zero-order chi connectivity index (χ0) is 22.0. The average Bonchev–Trinajstić information content (AvgIpc) is 3.34. The molecule has 0 saturated heterocycles. The summed E-state index contributed by atoms with van der Waals surface area (Å²) in [6, 6.07) is 20.6. The molecule has 4 rings (SSSR count). The van der Waals surface area contributed by atoms with Gasteiger partial charge in [0.05, 0.1) is 5.92 Å². The molecular formula is C27H30NO3-. The Morgan fingerprint density at radius 3 is 1.90 bits per heavy atom. The molecule has 1 N–H and O–H groups in total. The SMILES string of the molecule is CC(C)=C1[C@H]2CC[C@H]1[C@@H](C(=O)NCCC(c1ccccc1)c1ccccc1)[C@H]2C(=O)[O-]. The first-order valence-corrected chi connectivity index (χ1v) is 11.2. The van der Waals surface area contributed by atoms with Crippen molar-refractivity contribution in [2.75, 3.05) is 6.54 Å². The van der Waals surface area contributed by atoms with E-state index in [2.05, 4.69) is 29.6 Å². The molecule has 0 heterocycles. The molecule has 2 fully saturated rings. The predicted octanol–water partition coefficient (Wildman–Crippen LogP) is 3.68. The van der Waals surface area contributed by atoms with Crippen LogP contribution in [0, 0.1) is 23.7 Å². The number of carboxylic acids is 1. The van der Waals surface area contributed by atoms with Gasteiger partial charge in [0.15, 0.2) is 0 Å². The Morgan fingerprint density at radius 1 is 0.903 bits per heavy atom. The summed E-state index contributed by atoms with van der Waals surface area (Å²) in [7, 11) is 0. The van der Waals surface area contributed by atoms with Crippen molar-refractivity contribution in [1.29, 1.82) is 0 Å². The molecule has 4 heteroatoms. The first kappa shape index (κ1) is 21.4. The Morgan fingerprint density at radius 2 is 1.42 bits per heavy atom. The minimum absolute atomic E-state index is 0.0388. The molecule has 2 aromatic carbocycles. The predicted molar refractivity (Wildman–Crippen MR) is 119 cm³/mol. The van der Waals surface area contributed by atoms with Crippen LogP contribution in [-0.2, 0) is 9.59 Å². The number of nitrogens with one attached hydrogen (secondary N) is 1. The fourth-order valence-electron chi connectivity index (χ4n) is 5.94. The van der Waals surface area contributed by atoms with E-state index in [9.17, 15) is 14.7 Å². The molecule has 0 aliphatic heterocycles. The lowest BCUT2D eigenvalue weighted by Gasteiger charge is -2.30. The number of benzene rings is 2. The molecular weight excluding hydrogens is 386 g/mol. The maximum Gasteiger partial charge on any atom is 0.224 e. The summed E-state index contributed by atoms with van der Waals surface area (Å²) in [5, 5.41) is 15.0. The Balaban J connectivity index is 1.48. The third kappa shape index (κ3) is 4.16. The topological polar surface area (TPSA) is 69.2 Å². The number of fused-ring (bicyclic) bond motifs is 2. The van der Waals surface area contributed by atoms with Crippen LogP contribution in [0.1, 0.15) is 50.2 Å². The minimum atomic E-state index is -1.09. The molecule has 2 aromatic rings. The molecule has 0 unspecified atom stereocenters. The van der Waals surface area contributed by atoms with E-state index in [-0.39, 0.29) is 23.7 Å². The lowest BCUT2D eigenvalue weighted by atomic mass is 9.78. The molecule has 2 aliphatic carbocycles. The monoisotopic (exact) mass is 416 g/mol. The van der Waals surface area contributed by atoms with Gasteiger partial charge in [0.2, 0.25) is 5.91 Å². The van der Waals surface area contributed by atoms with E-state index in [1.165, 1.54) is 16.7 Å². The van der Waals surface area contributed by atoms with E-state index >= 15 is 0 Å². The van der Waals surface area contributed by atoms with Crippen molar-refractivity contribution in [3.8, 4) is 0 Å². The van der Waals surface area contributed by atoms with Gasteiger partial charge in [-0.05, 0) is 56.1 Å². The smallest absolute Gasteiger partial charge is 0.224 e. The maximum absolute atomic E-state index is 13.1. The molecule has 0 spiro atoms. The van der Waals surface area contributed by atoms with Crippen LogP contribution in [0.5, 0.6) is 0 Å². The fraction of sp³-hybridized carbons (Fsp3) is 0.407. The summed E-state index contributed by atoms with van der Waals surface area (Å²) in [5.74, 6) is -2.28. The quantitative estimate of drug-likeness (QED) is 0.700. The van der Waals surface area contributed by atoms with Crippen molar-refractivity contribution >= 4 is 11.9 Å². The number of carbonyl (C=O) groups is 2. The van der Waals surface area contributed by atoms with E-state index in [1.807, 2.05) is 50.2 Å². The van der Waals surface area contributed by atoms with Gasteiger partial charge >= 0.3 is 0 Å². The summed E-state index contributed by atoms with van der Waals surface area (Å²) in [4.78, 5) is 25.1. The van der Waals surface area contributed by atoms with Gasteiger partial charge in [0, 0.05) is 24.3 Å². The molecule has 0 aromatic heterocycles.